The molecule has 2 heterocycles. The number of imidazole rings is 1. The van der Waals surface area contributed by atoms with E-state index in [0.29, 0.717) is 34.8 Å². The molecule has 0 aliphatic carbocycles. The van der Waals surface area contributed by atoms with Gasteiger partial charge in [-0.05, 0) is 36.4 Å². The second kappa shape index (κ2) is 6.80. The van der Waals surface area contributed by atoms with Crippen LogP contribution in [-0.2, 0) is 6.54 Å². The monoisotopic (exact) mass is 360 g/mol. The molecule has 0 unspecified atom stereocenters. The molecule has 4 rings (SSSR count). The number of rotatable bonds is 5. The molecule has 7 heteroatoms. The molecule has 0 spiro atoms. The quantitative estimate of drug-likeness (QED) is 0.508. The van der Waals surface area contributed by atoms with Gasteiger partial charge in [-0.1, -0.05) is 18.2 Å². The number of nitrogens with two attached hydrogens (primary N) is 1. The molecule has 0 aliphatic rings. The van der Waals surface area contributed by atoms with Gasteiger partial charge in [0.15, 0.2) is 0 Å². The highest BCUT2D eigenvalue weighted by Gasteiger charge is 2.13. The van der Waals surface area contributed by atoms with Gasteiger partial charge in [0.1, 0.15) is 17.1 Å². The molecular weight excluding hydrogens is 344 g/mol. The van der Waals surface area contributed by atoms with Gasteiger partial charge in [-0.15, -0.1) is 0 Å². The van der Waals surface area contributed by atoms with Gasteiger partial charge in [0.2, 0.25) is 0 Å². The van der Waals surface area contributed by atoms with Gasteiger partial charge in [0.25, 0.3) is 11.8 Å². The van der Waals surface area contributed by atoms with Crippen molar-refractivity contribution in [2.75, 3.05) is 0 Å². The Kier molecular flexibility index (Phi) is 4.18. The Morgan fingerprint density at radius 1 is 1.07 bits per heavy atom. The number of aromatic amines is 1. The van der Waals surface area contributed by atoms with Crippen LogP contribution < -0.4 is 11.1 Å². The summed E-state index contributed by atoms with van der Waals surface area (Å²) in [5.41, 5.74) is 8.34. The molecule has 0 fully saturated rings. The van der Waals surface area contributed by atoms with Crippen molar-refractivity contribution in [2.45, 2.75) is 6.54 Å². The number of hydrogen-bond acceptors (Lipinski definition) is 4. The smallest absolute Gasteiger partial charge is 0.251 e. The summed E-state index contributed by atoms with van der Waals surface area (Å²) in [5, 5.41) is 2.79. The summed E-state index contributed by atoms with van der Waals surface area (Å²) >= 11 is 0. The normalized spacial score (nSPS) is 10.8. The molecule has 0 bridgehead atoms. The van der Waals surface area contributed by atoms with Crippen LogP contribution in [0.2, 0.25) is 0 Å². The summed E-state index contributed by atoms with van der Waals surface area (Å²) in [4.78, 5) is 31.4. The average molecular weight is 360 g/mol. The predicted molar refractivity (Wildman–Crippen MR) is 99.9 cm³/mol. The summed E-state index contributed by atoms with van der Waals surface area (Å²) in [6, 6.07) is 15.8. The predicted octanol–water partition coefficient (Wildman–Crippen LogP) is 2.85. The highest BCUT2D eigenvalue weighted by atomic mass is 16.3. The number of aromatic nitrogens is 2. The second-order valence-corrected chi connectivity index (χ2v) is 5.99. The molecule has 2 aromatic carbocycles. The van der Waals surface area contributed by atoms with Gasteiger partial charge in [-0.25, -0.2) is 4.98 Å². The number of primary amides is 1. The molecule has 7 nitrogen and oxygen atoms in total. The van der Waals surface area contributed by atoms with Crippen molar-refractivity contribution in [3.63, 3.8) is 0 Å². The maximum Gasteiger partial charge on any atom is 0.251 e. The number of para-hydroxylation sites is 1. The number of benzene rings is 2. The number of nitrogens with one attached hydrogen (secondary N) is 2. The molecule has 0 atom stereocenters. The highest BCUT2D eigenvalue weighted by Crippen LogP contribution is 2.23. The van der Waals surface area contributed by atoms with Gasteiger partial charge < -0.3 is 20.5 Å². The zero-order valence-corrected chi connectivity index (χ0v) is 14.2. The van der Waals surface area contributed by atoms with Crippen LogP contribution in [0, 0.1) is 0 Å². The first kappa shape index (κ1) is 16.6. The maximum atomic E-state index is 12.2. The molecule has 0 radical (unpaired) electrons. The van der Waals surface area contributed by atoms with E-state index in [9.17, 15) is 9.59 Å². The molecular formula is C20H16N4O3. The van der Waals surface area contributed by atoms with Gasteiger partial charge in [0, 0.05) is 11.1 Å². The SMILES string of the molecule is NC(=O)c1cccc2[nH]c(-c3ccc(C(=O)NCc4ccco4)cc3)nc12. The number of fused-ring (bicyclic) bond motifs is 1. The minimum atomic E-state index is -0.526. The van der Waals surface area contributed by atoms with Crippen LogP contribution in [0.15, 0.2) is 65.3 Å². The van der Waals surface area contributed by atoms with E-state index in [0.717, 1.165) is 11.1 Å². The lowest BCUT2D eigenvalue weighted by Crippen LogP contribution is -2.22. The molecule has 27 heavy (non-hydrogen) atoms. The third-order valence-electron chi connectivity index (χ3n) is 4.20. The van der Waals surface area contributed by atoms with Crippen LogP contribution in [0.4, 0.5) is 0 Å². The third kappa shape index (κ3) is 3.30. The molecule has 134 valence electrons. The Morgan fingerprint density at radius 3 is 2.59 bits per heavy atom. The van der Waals surface area contributed by atoms with Crippen molar-refractivity contribution in [3.05, 3.63) is 77.7 Å². The summed E-state index contributed by atoms with van der Waals surface area (Å²) < 4.78 is 5.19. The van der Waals surface area contributed by atoms with Crippen molar-refractivity contribution in [1.82, 2.24) is 15.3 Å². The molecule has 0 saturated carbocycles. The molecule has 4 N–H and O–H groups in total. The van der Waals surface area contributed by atoms with E-state index in [1.165, 1.54) is 0 Å². The molecule has 0 saturated heterocycles. The first-order chi connectivity index (χ1) is 13.1. The number of hydrogen-bond donors (Lipinski definition) is 3. The third-order valence-corrected chi connectivity index (χ3v) is 4.20. The van der Waals surface area contributed by atoms with Crippen molar-refractivity contribution in [1.29, 1.82) is 0 Å². The number of carbonyl (C=O) groups is 2. The minimum Gasteiger partial charge on any atom is -0.467 e. The first-order valence-corrected chi connectivity index (χ1v) is 8.31. The largest absolute Gasteiger partial charge is 0.467 e. The molecule has 2 amide bonds. The number of furan rings is 1. The summed E-state index contributed by atoms with van der Waals surface area (Å²) in [7, 11) is 0. The van der Waals surface area contributed by atoms with Crippen LogP contribution in [0.3, 0.4) is 0 Å². The van der Waals surface area contributed by atoms with Crippen molar-refractivity contribution in [2.24, 2.45) is 5.73 Å². The number of amides is 2. The van der Waals surface area contributed by atoms with E-state index in [2.05, 4.69) is 15.3 Å². The van der Waals surface area contributed by atoms with Crippen LogP contribution in [0.25, 0.3) is 22.4 Å². The molecule has 4 aromatic rings. The van der Waals surface area contributed by atoms with E-state index < -0.39 is 5.91 Å². The van der Waals surface area contributed by atoms with E-state index in [1.807, 2.05) is 6.07 Å². The second-order valence-electron chi connectivity index (χ2n) is 5.99. The van der Waals surface area contributed by atoms with Crippen LogP contribution in [-0.4, -0.2) is 21.8 Å². The molecule has 0 aliphatic heterocycles. The van der Waals surface area contributed by atoms with E-state index in [-0.39, 0.29) is 5.91 Å². The lowest BCUT2D eigenvalue weighted by molar-refractivity contribution is 0.0947. The Bertz CT molecular complexity index is 1110. The van der Waals surface area contributed by atoms with E-state index in [1.54, 1.807) is 54.8 Å². The first-order valence-electron chi connectivity index (χ1n) is 8.31. The summed E-state index contributed by atoms with van der Waals surface area (Å²) in [6.07, 6.45) is 1.56. The summed E-state index contributed by atoms with van der Waals surface area (Å²) in [5.74, 6) is 0.564. The fourth-order valence-corrected chi connectivity index (χ4v) is 2.83. The minimum absolute atomic E-state index is 0.196. The highest BCUT2D eigenvalue weighted by molar-refractivity contribution is 6.04. The standard InChI is InChI=1S/C20H16N4O3/c21-18(25)15-4-1-5-16-17(15)24-19(23-16)12-6-8-13(9-7-12)20(26)22-11-14-3-2-10-27-14/h1-10H,11H2,(H2,21,25)(H,22,26)(H,23,24). The fourth-order valence-electron chi connectivity index (χ4n) is 2.83. The van der Waals surface area contributed by atoms with Crippen molar-refractivity contribution >= 4 is 22.8 Å². The van der Waals surface area contributed by atoms with Gasteiger partial charge in [0.05, 0.1) is 23.9 Å². The Hall–Kier alpha value is -3.87. The number of nitrogens with zero attached hydrogens (tertiary/aromatic N) is 1. The number of H-pyrrole nitrogens is 1. The van der Waals surface area contributed by atoms with Crippen LogP contribution in [0.1, 0.15) is 26.5 Å². The summed E-state index contributed by atoms with van der Waals surface area (Å²) in [6.45, 7) is 0.326. The Balaban J connectivity index is 1.55. The lowest BCUT2D eigenvalue weighted by atomic mass is 10.1. The zero-order chi connectivity index (χ0) is 18.8. The maximum absolute atomic E-state index is 12.2. The van der Waals surface area contributed by atoms with Crippen LogP contribution >= 0.6 is 0 Å². The van der Waals surface area contributed by atoms with E-state index in [4.69, 9.17) is 10.2 Å². The van der Waals surface area contributed by atoms with Crippen molar-refractivity contribution in [3.8, 4) is 11.4 Å². The molecule has 2 aromatic heterocycles. The van der Waals surface area contributed by atoms with Gasteiger partial charge in [-0.2, -0.15) is 0 Å². The Morgan fingerprint density at radius 2 is 1.89 bits per heavy atom. The van der Waals surface area contributed by atoms with Crippen molar-refractivity contribution < 1.29 is 14.0 Å². The topological polar surface area (TPSA) is 114 Å². The Labute approximate surface area is 154 Å². The fraction of sp³-hybridized carbons (Fsp3) is 0.0500. The van der Waals surface area contributed by atoms with Crippen LogP contribution in [0.5, 0.6) is 0 Å². The average Bonchev–Trinajstić information content (AvgIpc) is 3.35. The van der Waals surface area contributed by atoms with Gasteiger partial charge >= 0.3 is 0 Å². The van der Waals surface area contributed by atoms with Gasteiger partial charge in [-0.3, -0.25) is 9.59 Å². The number of carbonyl (C=O) groups excluding carboxylic acids is 2. The zero-order valence-electron chi connectivity index (χ0n) is 14.2. The lowest BCUT2D eigenvalue weighted by Gasteiger charge is -2.04. The van der Waals surface area contributed by atoms with E-state index >= 15 is 0 Å².